The van der Waals surface area contributed by atoms with Crippen molar-refractivity contribution in [3.63, 3.8) is 0 Å². The fraction of sp³-hybridized carbons (Fsp3) is 0.167. The van der Waals surface area contributed by atoms with Crippen molar-refractivity contribution in [1.29, 1.82) is 0 Å². The molecule has 0 unspecified atom stereocenters. The molecule has 0 bridgehead atoms. The van der Waals surface area contributed by atoms with E-state index in [1.807, 2.05) is 41.1 Å². The minimum atomic E-state index is -0.304. The maximum absolute atomic E-state index is 12.9. The van der Waals surface area contributed by atoms with E-state index in [1.54, 1.807) is 45.9 Å². The van der Waals surface area contributed by atoms with Crippen molar-refractivity contribution in [2.45, 2.75) is 19.6 Å². The SMILES string of the molecule is O=C(Cn1nc2ccccn2c1=O)N(Cc1cccs1)Cc1cccs1. The molecule has 4 rings (SSSR count). The molecule has 0 N–H and O–H groups in total. The van der Waals surface area contributed by atoms with Gasteiger partial charge in [-0.3, -0.25) is 9.20 Å². The second kappa shape index (κ2) is 7.27. The van der Waals surface area contributed by atoms with Gasteiger partial charge in [-0.05, 0) is 35.0 Å². The van der Waals surface area contributed by atoms with Gasteiger partial charge in [-0.15, -0.1) is 27.8 Å². The van der Waals surface area contributed by atoms with Crippen LogP contribution >= 0.6 is 22.7 Å². The minimum Gasteiger partial charge on any atom is -0.331 e. The van der Waals surface area contributed by atoms with Crippen LogP contribution in [0.25, 0.3) is 5.65 Å². The third kappa shape index (κ3) is 3.47. The Morgan fingerprint density at radius 2 is 1.69 bits per heavy atom. The van der Waals surface area contributed by atoms with E-state index in [0.717, 1.165) is 9.75 Å². The summed E-state index contributed by atoms with van der Waals surface area (Å²) >= 11 is 3.23. The molecule has 4 aromatic heterocycles. The van der Waals surface area contributed by atoms with Gasteiger partial charge in [0, 0.05) is 16.0 Å². The summed E-state index contributed by atoms with van der Waals surface area (Å²) in [6.45, 7) is 0.976. The second-order valence-corrected chi connectivity index (χ2v) is 7.84. The number of carbonyl (C=O) groups excluding carboxylic acids is 1. The Morgan fingerprint density at radius 1 is 1.00 bits per heavy atom. The highest BCUT2D eigenvalue weighted by Crippen LogP contribution is 2.17. The smallest absolute Gasteiger partial charge is 0.331 e. The van der Waals surface area contributed by atoms with Crippen molar-refractivity contribution in [3.8, 4) is 0 Å². The molecule has 6 nitrogen and oxygen atoms in total. The number of pyridine rings is 1. The molecule has 0 fully saturated rings. The lowest BCUT2D eigenvalue weighted by atomic mass is 10.3. The summed E-state index contributed by atoms with van der Waals surface area (Å²) in [5.41, 5.74) is 0.231. The number of hydrogen-bond donors (Lipinski definition) is 0. The van der Waals surface area contributed by atoms with Crippen molar-refractivity contribution in [2.24, 2.45) is 0 Å². The average Bonchev–Trinajstić information content (AvgIpc) is 3.38. The molecular formula is C18H16N4O2S2. The van der Waals surface area contributed by atoms with Gasteiger partial charge in [0.15, 0.2) is 5.65 Å². The molecule has 0 atom stereocenters. The largest absolute Gasteiger partial charge is 0.350 e. The van der Waals surface area contributed by atoms with E-state index in [-0.39, 0.29) is 18.1 Å². The lowest BCUT2D eigenvalue weighted by molar-refractivity contribution is -0.133. The molecule has 26 heavy (non-hydrogen) atoms. The zero-order chi connectivity index (χ0) is 17.9. The van der Waals surface area contributed by atoms with Crippen LogP contribution in [0.15, 0.2) is 64.2 Å². The van der Waals surface area contributed by atoms with E-state index in [4.69, 9.17) is 0 Å². The maximum atomic E-state index is 12.9. The van der Waals surface area contributed by atoms with Gasteiger partial charge in [-0.25, -0.2) is 9.48 Å². The van der Waals surface area contributed by atoms with Gasteiger partial charge < -0.3 is 4.90 Å². The minimum absolute atomic E-state index is 0.0722. The van der Waals surface area contributed by atoms with Crippen LogP contribution in [0.3, 0.4) is 0 Å². The Kier molecular flexibility index (Phi) is 4.68. The van der Waals surface area contributed by atoms with Gasteiger partial charge in [-0.2, -0.15) is 0 Å². The number of amides is 1. The molecule has 0 saturated heterocycles. The summed E-state index contributed by atoms with van der Waals surface area (Å²) in [4.78, 5) is 29.3. The van der Waals surface area contributed by atoms with Gasteiger partial charge in [0.1, 0.15) is 6.54 Å². The van der Waals surface area contributed by atoms with Crippen LogP contribution in [0.5, 0.6) is 0 Å². The fourth-order valence-electron chi connectivity index (χ4n) is 2.71. The van der Waals surface area contributed by atoms with Crippen molar-refractivity contribution in [1.82, 2.24) is 19.1 Å². The Hall–Kier alpha value is -2.71. The summed E-state index contributed by atoms with van der Waals surface area (Å²) in [7, 11) is 0. The average molecular weight is 384 g/mol. The van der Waals surface area contributed by atoms with Crippen LogP contribution in [0.2, 0.25) is 0 Å². The van der Waals surface area contributed by atoms with Gasteiger partial charge in [0.25, 0.3) is 0 Å². The third-order valence-electron chi connectivity index (χ3n) is 3.98. The molecule has 0 aromatic carbocycles. The van der Waals surface area contributed by atoms with Crippen LogP contribution in [0, 0.1) is 0 Å². The zero-order valence-electron chi connectivity index (χ0n) is 13.8. The van der Waals surface area contributed by atoms with Gasteiger partial charge in [-0.1, -0.05) is 18.2 Å². The van der Waals surface area contributed by atoms with E-state index < -0.39 is 0 Å². The summed E-state index contributed by atoms with van der Waals surface area (Å²) in [6, 6.07) is 13.3. The molecule has 1 amide bonds. The number of carbonyl (C=O) groups is 1. The van der Waals surface area contributed by atoms with E-state index in [0.29, 0.717) is 18.7 Å². The van der Waals surface area contributed by atoms with Crippen molar-refractivity contribution in [3.05, 3.63) is 79.7 Å². The van der Waals surface area contributed by atoms with Gasteiger partial charge >= 0.3 is 5.69 Å². The first-order valence-corrected chi connectivity index (χ1v) is 9.83. The molecule has 0 aliphatic carbocycles. The number of nitrogens with zero attached hydrogens (tertiary/aromatic N) is 4. The molecule has 0 radical (unpaired) electrons. The molecule has 8 heteroatoms. The number of aromatic nitrogens is 3. The van der Waals surface area contributed by atoms with E-state index >= 15 is 0 Å². The molecule has 0 aliphatic heterocycles. The molecule has 132 valence electrons. The van der Waals surface area contributed by atoms with Crippen LogP contribution in [-0.2, 0) is 24.4 Å². The van der Waals surface area contributed by atoms with Crippen LogP contribution in [-0.4, -0.2) is 25.0 Å². The Bertz CT molecular complexity index is 1030. The Morgan fingerprint density at radius 3 is 2.27 bits per heavy atom. The predicted molar refractivity (Wildman–Crippen MR) is 102 cm³/mol. The lowest BCUT2D eigenvalue weighted by Gasteiger charge is -2.21. The summed E-state index contributed by atoms with van der Waals surface area (Å²) in [5, 5.41) is 8.25. The van der Waals surface area contributed by atoms with Crippen LogP contribution in [0.1, 0.15) is 9.75 Å². The highest BCUT2D eigenvalue weighted by molar-refractivity contribution is 7.10. The number of rotatable bonds is 6. The summed E-state index contributed by atoms with van der Waals surface area (Å²) in [6.07, 6.45) is 1.65. The maximum Gasteiger partial charge on any atom is 0.350 e. The standard InChI is InChI=1S/C18H16N4O2S2/c23-17(13-22-18(24)21-8-2-1-7-16(21)19-22)20(11-14-5-3-9-25-14)12-15-6-4-10-26-15/h1-10H,11-13H2. The van der Waals surface area contributed by atoms with E-state index in [1.165, 1.54) is 9.08 Å². The second-order valence-electron chi connectivity index (χ2n) is 5.78. The first-order chi connectivity index (χ1) is 12.7. The normalized spacial score (nSPS) is 11.1. The number of thiophene rings is 2. The van der Waals surface area contributed by atoms with Crippen molar-refractivity contribution in [2.75, 3.05) is 0 Å². The van der Waals surface area contributed by atoms with E-state index in [2.05, 4.69) is 5.10 Å². The molecule has 4 heterocycles. The highest BCUT2D eigenvalue weighted by atomic mass is 32.1. The quantitative estimate of drug-likeness (QED) is 0.514. The number of fused-ring (bicyclic) bond motifs is 1. The first kappa shape index (κ1) is 16.7. The zero-order valence-corrected chi connectivity index (χ0v) is 15.4. The van der Waals surface area contributed by atoms with Crippen molar-refractivity contribution < 1.29 is 4.79 Å². The fourth-order valence-corrected chi connectivity index (χ4v) is 4.15. The molecule has 0 saturated carbocycles. The van der Waals surface area contributed by atoms with Gasteiger partial charge in [0.05, 0.1) is 13.1 Å². The molecule has 4 aromatic rings. The molecule has 0 aliphatic rings. The van der Waals surface area contributed by atoms with Crippen LogP contribution in [0.4, 0.5) is 0 Å². The van der Waals surface area contributed by atoms with Gasteiger partial charge in [0.2, 0.25) is 5.91 Å². The highest BCUT2D eigenvalue weighted by Gasteiger charge is 2.18. The first-order valence-electron chi connectivity index (χ1n) is 8.07. The van der Waals surface area contributed by atoms with Crippen molar-refractivity contribution >= 4 is 34.2 Å². The number of hydrogen-bond acceptors (Lipinski definition) is 5. The van der Waals surface area contributed by atoms with Crippen LogP contribution < -0.4 is 5.69 Å². The summed E-state index contributed by atoms with van der Waals surface area (Å²) < 4.78 is 2.67. The predicted octanol–water partition coefficient (Wildman–Crippen LogP) is 2.85. The molecular weight excluding hydrogens is 368 g/mol. The molecule has 0 spiro atoms. The topological polar surface area (TPSA) is 59.6 Å². The third-order valence-corrected chi connectivity index (χ3v) is 5.70. The lowest BCUT2D eigenvalue weighted by Crippen LogP contribution is -2.35. The summed E-state index contributed by atoms with van der Waals surface area (Å²) in [5.74, 6) is -0.127. The monoisotopic (exact) mass is 384 g/mol. The van der Waals surface area contributed by atoms with E-state index in [9.17, 15) is 9.59 Å². The Balaban J connectivity index is 1.58. The Labute approximate surface area is 157 Å².